The summed E-state index contributed by atoms with van der Waals surface area (Å²) in [5.41, 5.74) is 2.79. The minimum absolute atomic E-state index is 0.0772. The van der Waals surface area contributed by atoms with Crippen LogP contribution in [0.4, 0.5) is 0 Å². The number of fused-ring (bicyclic) bond motifs is 1. The first-order chi connectivity index (χ1) is 15.6. The molecule has 0 aliphatic rings. The fraction of sp³-hybridized carbons (Fsp3) is 0.148. The second-order valence-electron chi connectivity index (χ2n) is 8.10. The Bertz CT molecular complexity index is 1210. The quantitative estimate of drug-likeness (QED) is 0.371. The van der Waals surface area contributed by atoms with E-state index in [2.05, 4.69) is 103 Å². The molecule has 0 aliphatic heterocycles. The van der Waals surface area contributed by atoms with Crippen LogP contribution in [0.2, 0.25) is 0 Å². The Kier molecular flexibility index (Phi) is 5.32. The lowest BCUT2D eigenvalue weighted by Crippen LogP contribution is -2.34. The Morgan fingerprint density at radius 2 is 1.19 bits per heavy atom. The molecule has 0 amide bonds. The average molecular weight is 438 g/mol. The topological polar surface area (TPSA) is 43.1 Å². The van der Waals surface area contributed by atoms with Crippen LogP contribution in [0, 0.1) is 13.8 Å². The number of hydrogen-bond donors (Lipinski definition) is 0. The van der Waals surface area contributed by atoms with Crippen LogP contribution < -0.4 is 15.9 Å². The number of rotatable bonds is 5. The molecule has 0 fully saturated rings. The molecule has 32 heavy (non-hydrogen) atoms. The van der Waals surface area contributed by atoms with Gasteiger partial charge in [-0.2, -0.15) is 0 Å². The molecule has 0 N–H and O–H groups in total. The molecule has 158 valence electrons. The number of benzene rings is 3. The third-order valence-electron chi connectivity index (χ3n) is 6.17. The zero-order chi connectivity index (χ0) is 22.1. The first-order valence-electron chi connectivity index (χ1n) is 10.9. The van der Waals surface area contributed by atoms with Crippen LogP contribution in [-0.2, 0) is 0 Å². The predicted molar refractivity (Wildman–Crippen MR) is 134 cm³/mol. The molecule has 1 atom stereocenters. The summed E-state index contributed by atoms with van der Waals surface area (Å²) >= 11 is 0. The first-order valence-corrected chi connectivity index (χ1v) is 12.7. The summed E-state index contributed by atoms with van der Waals surface area (Å²) in [5.74, 6) is 0.856. The molecule has 0 radical (unpaired) electrons. The van der Waals surface area contributed by atoms with Crippen LogP contribution >= 0.6 is 7.26 Å². The second kappa shape index (κ2) is 8.29. The Labute approximate surface area is 189 Å². The van der Waals surface area contributed by atoms with Crippen molar-refractivity contribution < 1.29 is 0 Å². The van der Waals surface area contributed by atoms with E-state index in [1.54, 1.807) is 0 Å². The maximum Gasteiger partial charge on any atom is 0.193 e. The highest BCUT2D eigenvalue weighted by atomic mass is 31.2. The van der Waals surface area contributed by atoms with Gasteiger partial charge in [0.05, 0.1) is 11.4 Å². The van der Waals surface area contributed by atoms with Gasteiger partial charge in [0.1, 0.15) is 28.8 Å². The fourth-order valence-electron chi connectivity index (χ4n) is 4.57. The van der Waals surface area contributed by atoms with Gasteiger partial charge >= 0.3 is 0 Å². The van der Waals surface area contributed by atoms with Gasteiger partial charge in [-0.1, -0.05) is 54.6 Å². The van der Waals surface area contributed by atoms with E-state index >= 15 is 0 Å². The van der Waals surface area contributed by atoms with Crippen molar-refractivity contribution in [3.63, 3.8) is 0 Å². The Morgan fingerprint density at radius 3 is 1.62 bits per heavy atom. The molecule has 4 nitrogen and oxygen atoms in total. The van der Waals surface area contributed by atoms with Crippen LogP contribution in [0.15, 0.2) is 97.2 Å². The summed E-state index contributed by atoms with van der Waals surface area (Å²) in [6.07, 6.45) is 1.86. The molecule has 0 unspecified atom stereocenters. The standard InChI is InChI=1S/C27H26N4P/c1-20-19-28-21(2)27-29-26(30-31(20)27)22(3)32(23-13-7-4-8-14-23,24-15-9-5-10-16-24)25-17-11-6-12-18-25/h4-19,22H,1-3H3/q+1/t22-/m0/s1. The summed E-state index contributed by atoms with van der Waals surface area (Å²) in [4.78, 5) is 9.53. The molecule has 5 rings (SSSR count). The molecule has 5 aromatic rings. The molecule has 2 aromatic heterocycles. The zero-order valence-electron chi connectivity index (χ0n) is 18.6. The molecule has 0 aliphatic carbocycles. The summed E-state index contributed by atoms with van der Waals surface area (Å²) in [5, 5.41) is 9.00. The maximum atomic E-state index is 5.03. The van der Waals surface area contributed by atoms with E-state index in [1.165, 1.54) is 15.9 Å². The van der Waals surface area contributed by atoms with Crippen molar-refractivity contribution in [2.24, 2.45) is 0 Å². The van der Waals surface area contributed by atoms with Gasteiger partial charge in [-0.05, 0) is 57.2 Å². The van der Waals surface area contributed by atoms with Crippen molar-refractivity contribution in [2.75, 3.05) is 0 Å². The predicted octanol–water partition coefficient (Wildman–Crippen LogP) is 4.80. The number of aryl methyl sites for hydroxylation is 2. The smallest absolute Gasteiger partial charge is 0.193 e. The molecule has 2 heterocycles. The lowest BCUT2D eigenvalue weighted by Gasteiger charge is -2.31. The highest BCUT2D eigenvalue weighted by Crippen LogP contribution is 2.65. The summed E-state index contributed by atoms with van der Waals surface area (Å²) < 4.78 is 1.93. The van der Waals surface area contributed by atoms with Gasteiger partial charge in [0.2, 0.25) is 0 Å². The third kappa shape index (κ3) is 3.23. The lowest BCUT2D eigenvalue weighted by molar-refractivity contribution is 0.837. The normalized spacial score (nSPS) is 12.7. The van der Waals surface area contributed by atoms with Crippen LogP contribution in [0.1, 0.15) is 29.8 Å². The van der Waals surface area contributed by atoms with E-state index in [-0.39, 0.29) is 5.66 Å². The molecule has 0 spiro atoms. The molecule has 5 heteroatoms. The molecular formula is C27H26N4P+. The van der Waals surface area contributed by atoms with E-state index in [9.17, 15) is 0 Å². The van der Waals surface area contributed by atoms with Crippen molar-refractivity contribution in [3.8, 4) is 0 Å². The average Bonchev–Trinajstić information content (AvgIpc) is 3.31. The zero-order valence-corrected chi connectivity index (χ0v) is 19.4. The van der Waals surface area contributed by atoms with Crippen LogP contribution in [0.3, 0.4) is 0 Å². The molecule has 3 aromatic carbocycles. The molecular weight excluding hydrogens is 411 g/mol. The highest BCUT2D eigenvalue weighted by molar-refractivity contribution is 7.95. The molecule has 0 saturated heterocycles. The Morgan fingerprint density at radius 1 is 0.719 bits per heavy atom. The van der Waals surface area contributed by atoms with Crippen LogP contribution in [0.5, 0.6) is 0 Å². The first kappa shape index (κ1) is 20.5. The van der Waals surface area contributed by atoms with Crippen molar-refractivity contribution in [3.05, 3.63) is 114 Å². The van der Waals surface area contributed by atoms with Crippen molar-refractivity contribution >= 4 is 28.8 Å². The number of hydrogen-bond acceptors (Lipinski definition) is 3. The van der Waals surface area contributed by atoms with Gasteiger partial charge in [0.15, 0.2) is 11.5 Å². The summed E-state index contributed by atoms with van der Waals surface area (Å²) in [7, 11) is -2.11. The Balaban J connectivity index is 1.84. The van der Waals surface area contributed by atoms with Crippen molar-refractivity contribution in [2.45, 2.75) is 26.4 Å². The molecule has 0 saturated carbocycles. The third-order valence-corrected chi connectivity index (χ3v) is 10.9. The highest BCUT2D eigenvalue weighted by Gasteiger charge is 2.52. The van der Waals surface area contributed by atoms with E-state index < -0.39 is 7.26 Å². The van der Waals surface area contributed by atoms with Gasteiger partial charge in [-0.25, -0.2) is 9.50 Å². The van der Waals surface area contributed by atoms with Gasteiger partial charge in [-0.15, -0.1) is 5.10 Å². The van der Waals surface area contributed by atoms with E-state index in [1.807, 2.05) is 24.6 Å². The van der Waals surface area contributed by atoms with Gasteiger partial charge < -0.3 is 0 Å². The van der Waals surface area contributed by atoms with Crippen molar-refractivity contribution in [1.82, 2.24) is 19.6 Å². The fourth-order valence-corrected chi connectivity index (χ4v) is 9.19. The SMILES string of the molecule is Cc1ncc(C)n2nc([C@H](C)[P+](c3ccccc3)(c3ccccc3)c3ccccc3)nc12. The van der Waals surface area contributed by atoms with E-state index in [0.717, 1.165) is 22.9 Å². The second-order valence-corrected chi connectivity index (χ2v) is 11.9. The van der Waals surface area contributed by atoms with Crippen LogP contribution in [0.25, 0.3) is 5.65 Å². The number of nitrogens with zero attached hydrogens (tertiary/aromatic N) is 4. The molecule has 0 bridgehead atoms. The van der Waals surface area contributed by atoms with Crippen LogP contribution in [-0.4, -0.2) is 19.6 Å². The van der Waals surface area contributed by atoms with E-state index in [0.29, 0.717) is 0 Å². The largest absolute Gasteiger partial charge is 0.256 e. The van der Waals surface area contributed by atoms with Crippen molar-refractivity contribution in [1.29, 1.82) is 0 Å². The number of aromatic nitrogens is 4. The maximum absolute atomic E-state index is 5.03. The Hall–Kier alpha value is -3.36. The van der Waals surface area contributed by atoms with E-state index in [4.69, 9.17) is 10.1 Å². The minimum atomic E-state index is -2.11. The minimum Gasteiger partial charge on any atom is -0.256 e. The van der Waals surface area contributed by atoms with Gasteiger partial charge in [-0.3, -0.25) is 4.98 Å². The van der Waals surface area contributed by atoms with Gasteiger partial charge in [0, 0.05) is 6.20 Å². The summed E-state index contributed by atoms with van der Waals surface area (Å²) in [6.45, 7) is 6.30. The lowest BCUT2D eigenvalue weighted by atomic mass is 10.3. The monoisotopic (exact) mass is 437 g/mol. The van der Waals surface area contributed by atoms with Gasteiger partial charge in [0.25, 0.3) is 0 Å². The summed E-state index contributed by atoms with van der Waals surface area (Å²) in [6, 6.07) is 32.6.